The highest BCUT2D eigenvalue weighted by molar-refractivity contribution is 5.43. The standard InChI is InChI=1S/C18H28N2O/c1-14(2)16-11-15(13-21)12-17(19-16)20-9-7-18(8-10-20)5-3-4-6-18/h11-12,14,21H,3-10,13H2,1-2H3. The van der Waals surface area contributed by atoms with E-state index in [0.717, 1.165) is 30.2 Å². The van der Waals surface area contributed by atoms with Crippen LogP contribution in [0.4, 0.5) is 5.82 Å². The zero-order chi connectivity index (χ0) is 14.9. The second kappa shape index (κ2) is 5.96. The van der Waals surface area contributed by atoms with Gasteiger partial charge in [0.25, 0.3) is 0 Å². The van der Waals surface area contributed by atoms with Gasteiger partial charge in [-0.25, -0.2) is 4.98 Å². The van der Waals surface area contributed by atoms with E-state index in [2.05, 4.69) is 24.8 Å². The lowest BCUT2D eigenvalue weighted by Gasteiger charge is -2.40. The molecule has 1 aliphatic carbocycles. The van der Waals surface area contributed by atoms with E-state index in [-0.39, 0.29) is 6.61 Å². The minimum absolute atomic E-state index is 0.104. The highest BCUT2D eigenvalue weighted by Crippen LogP contribution is 2.46. The Labute approximate surface area is 128 Å². The fraction of sp³-hybridized carbons (Fsp3) is 0.722. The van der Waals surface area contributed by atoms with Crippen LogP contribution in [0.25, 0.3) is 0 Å². The maximum atomic E-state index is 9.49. The van der Waals surface area contributed by atoms with Crippen molar-refractivity contribution in [2.24, 2.45) is 5.41 Å². The molecule has 1 aliphatic heterocycles. The molecule has 0 amide bonds. The largest absolute Gasteiger partial charge is 0.392 e. The maximum absolute atomic E-state index is 9.49. The predicted molar refractivity (Wildman–Crippen MR) is 86.6 cm³/mol. The zero-order valence-corrected chi connectivity index (χ0v) is 13.4. The molecule has 1 aromatic heterocycles. The Bertz CT molecular complexity index is 482. The predicted octanol–water partition coefficient (Wildman–Crippen LogP) is 3.86. The van der Waals surface area contributed by atoms with Gasteiger partial charge in [0.1, 0.15) is 5.82 Å². The zero-order valence-electron chi connectivity index (χ0n) is 13.4. The van der Waals surface area contributed by atoms with Crippen molar-refractivity contribution in [3.8, 4) is 0 Å². The Morgan fingerprint density at radius 2 is 1.81 bits per heavy atom. The fourth-order valence-electron chi connectivity index (χ4n) is 3.98. The van der Waals surface area contributed by atoms with E-state index >= 15 is 0 Å². The van der Waals surface area contributed by atoms with Crippen LogP contribution in [0.3, 0.4) is 0 Å². The lowest BCUT2D eigenvalue weighted by molar-refractivity contribution is 0.226. The van der Waals surface area contributed by atoms with Crippen molar-refractivity contribution in [3.63, 3.8) is 0 Å². The second-order valence-electron chi connectivity index (χ2n) is 7.27. The van der Waals surface area contributed by atoms with Crippen molar-refractivity contribution in [2.75, 3.05) is 18.0 Å². The summed E-state index contributed by atoms with van der Waals surface area (Å²) in [5.41, 5.74) is 2.73. The number of rotatable bonds is 3. The number of piperidine rings is 1. The Hall–Kier alpha value is -1.09. The Morgan fingerprint density at radius 3 is 2.38 bits per heavy atom. The van der Waals surface area contributed by atoms with E-state index in [9.17, 15) is 5.11 Å². The van der Waals surface area contributed by atoms with Crippen LogP contribution >= 0.6 is 0 Å². The third-order valence-electron chi connectivity index (χ3n) is 5.48. The van der Waals surface area contributed by atoms with Crippen LogP contribution in [-0.4, -0.2) is 23.2 Å². The minimum Gasteiger partial charge on any atom is -0.392 e. The summed E-state index contributed by atoms with van der Waals surface area (Å²) in [5, 5.41) is 9.49. The van der Waals surface area contributed by atoms with Gasteiger partial charge in [-0.05, 0) is 54.7 Å². The highest BCUT2D eigenvalue weighted by Gasteiger charge is 2.37. The summed E-state index contributed by atoms with van der Waals surface area (Å²) < 4.78 is 0. The van der Waals surface area contributed by atoms with Crippen LogP contribution in [0.15, 0.2) is 12.1 Å². The van der Waals surface area contributed by atoms with Crippen LogP contribution in [-0.2, 0) is 6.61 Å². The summed E-state index contributed by atoms with van der Waals surface area (Å²) in [6.07, 6.45) is 8.35. The molecule has 3 rings (SSSR count). The average molecular weight is 288 g/mol. The van der Waals surface area contributed by atoms with Gasteiger partial charge < -0.3 is 10.0 Å². The van der Waals surface area contributed by atoms with Gasteiger partial charge in [-0.1, -0.05) is 26.7 Å². The number of anilines is 1. The molecular weight excluding hydrogens is 260 g/mol. The first-order chi connectivity index (χ1) is 10.1. The molecule has 1 saturated heterocycles. The molecular formula is C18H28N2O. The van der Waals surface area contributed by atoms with Crippen LogP contribution in [0.2, 0.25) is 0 Å². The normalized spacial score (nSPS) is 21.4. The fourth-order valence-corrected chi connectivity index (χ4v) is 3.98. The van der Waals surface area contributed by atoms with Crippen molar-refractivity contribution >= 4 is 5.82 Å². The Morgan fingerprint density at radius 1 is 1.14 bits per heavy atom. The van der Waals surface area contributed by atoms with Crippen molar-refractivity contribution in [1.29, 1.82) is 0 Å². The van der Waals surface area contributed by atoms with Gasteiger partial charge in [-0.2, -0.15) is 0 Å². The van der Waals surface area contributed by atoms with E-state index in [1.807, 2.05) is 6.07 Å². The molecule has 2 aliphatic rings. The molecule has 0 atom stereocenters. The van der Waals surface area contributed by atoms with Gasteiger partial charge >= 0.3 is 0 Å². The smallest absolute Gasteiger partial charge is 0.129 e. The SMILES string of the molecule is CC(C)c1cc(CO)cc(N2CCC3(CCCC3)CC2)n1. The Kier molecular flexibility index (Phi) is 4.21. The van der Waals surface area contributed by atoms with Crippen molar-refractivity contribution in [2.45, 2.75) is 64.9 Å². The van der Waals surface area contributed by atoms with Crippen LogP contribution in [0, 0.1) is 5.41 Å². The number of hydrogen-bond donors (Lipinski definition) is 1. The lowest BCUT2D eigenvalue weighted by atomic mass is 9.77. The number of aliphatic hydroxyl groups is 1. The topological polar surface area (TPSA) is 36.4 Å². The van der Waals surface area contributed by atoms with Crippen molar-refractivity contribution in [1.82, 2.24) is 4.98 Å². The third-order valence-corrected chi connectivity index (χ3v) is 5.48. The van der Waals surface area contributed by atoms with Crippen LogP contribution < -0.4 is 4.90 Å². The molecule has 0 bridgehead atoms. The maximum Gasteiger partial charge on any atom is 0.129 e. The van der Waals surface area contributed by atoms with Crippen LogP contribution in [0.5, 0.6) is 0 Å². The van der Waals surface area contributed by atoms with Crippen LogP contribution in [0.1, 0.15) is 69.5 Å². The first kappa shape index (κ1) is 14.8. The molecule has 116 valence electrons. The number of aromatic nitrogens is 1. The summed E-state index contributed by atoms with van der Waals surface area (Å²) in [6, 6.07) is 4.11. The number of hydrogen-bond acceptors (Lipinski definition) is 3. The Balaban J connectivity index is 1.76. The molecule has 0 aromatic carbocycles. The van der Waals surface area contributed by atoms with Gasteiger partial charge in [0.15, 0.2) is 0 Å². The molecule has 3 heteroatoms. The summed E-state index contributed by atoms with van der Waals surface area (Å²) in [5.74, 6) is 1.47. The highest BCUT2D eigenvalue weighted by atomic mass is 16.3. The molecule has 1 saturated carbocycles. The summed E-state index contributed by atoms with van der Waals surface area (Å²) in [6.45, 7) is 6.68. The minimum atomic E-state index is 0.104. The molecule has 0 radical (unpaired) electrons. The summed E-state index contributed by atoms with van der Waals surface area (Å²) >= 11 is 0. The molecule has 0 unspecified atom stereocenters. The van der Waals surface area contributed by atoms with Gasteiger partial charge in [0.05, 0.1) is 6.61 Å². The number of nitrogens with zero attached hydrogens (tertiary/aromatic N) is 2. The quantitative estimate of drug-likeness (QED) is 0.917. The molecule has 1 spiro atoms. The summed E-state index contributed by atoms with van der Waals surface area (Å²) in [4.78, 5) is 7.26. The van der Waals surface area contributed by atoms with E-state index in [0.29, 0.717) is 11.3 Å². The van der Waals surface area contributed by atoms with Gasteiger partial charge in [-0.15, -0.1) is 0 Å². The molecule has 21 heavy (non-hydrogen) atoms. The average Bonchev–Trinajstić information content (AvgIpc) is 2.95. The number of pyridine rings is 1. The van der Waals surface area contributed by atoms with Crippen molar-refractivity contribution in [3.05, 3.63) is 23.4 Å². The molecule has 3 nitrogen and oxygen atoms in total. The molecule has 2 heterocycles. The lowest BCUT2D eigenvalue weighted by Crippen LogP contribution is -2.39. The van der Waals surface area contributed by atoms with E-state index in [1.165, 1.54) is 38.5 Å². The van der Waals surface area contributed by atoms with E-state index in [1.54, 1.807) is 0 Å². The first-order valence-electron chi connectivity index (χ1n) is 8.49. The molecule has 1 aromatic rings. The summed E-state index contributed by atoms with van der Waals surface area (Å²) in [7, 11) is 0. The van der Waals surface area contributed by atoms with Gasteiger partial charge in [0.2, 0.25) is 0 Å². The first-order valence-corrected chi connectivity index (χ1v) is 8.49. The van der Waals surface area contributed by atoms with Crippen molar-refractivity contribution < 1.29 is 5.11 Å². The number of aliphatic hydroxyl groups excluding tert-OH is 1. The van der Waals surface area contributed by atoms with Gasteiger partial charge in [-0.3, -0.25) is 0 Å². The van der Waals surface area contributed by atoms with Gasteiger partial charge in [0, 0.05) is 18.8 Å². The second-order valence-corrected chi connectivity index (χ2v) is 7.27. The molecule has 2 fully saturated rings. The monoisotopic (exact) mass is 288 g/mol. The molecule has 1 N–H and O–H groups in total. The van der Waals surface area contributed by atoms with E-state index in [4.69, 9.17) is 4.98 Å². The van der Waals surface area contributed by atoms with E-state index < -0.39 is 0 Å². The third kappa shape index (κ3) is 3.08.